The van der Waals surface area contributed by atoms with Crippen molar-refractivity contribution in [3.8, 4) is 5.69 Å². The molecule has 4 aromatic rings. The van der Waals surface area contributed by atoms with Gasteiger partial charge in [-0.2, -0.15) is 18.3 Å². The minimum Gasteiger partial charge on any atom is -0.319 e. The summed E-state index contributed by atoms with van der Waals surface area (Å²) >= 11 is 5.85. The Morgan fingerprint density at radius 3 is 2.58 bits per heavy atom. The molecule has 0 atom stereocenters. The number of benzene rings is 2. The molecule has 2 aromatic heterocycles. The molecule has 8 nitrogen and oxygen atoms in total. The van der Waals surface area contributed by atoms with Gasteiger partial charge in [-0.1, -0.05) is 17.7 Å². The van der Waals surface area contributed by atoms with Crippen LogP contribution in [0.15, 0.2) is 64.5 Å². The first-order valence-corrected chi connectivity index (χ1v) is 10.3. The Balaban J connectivity index is 1.78. The van der Waals surface area contributed by atoms with E-state index >= 15 is 0 Å². The molecular weight excluding hydrogens is 459 g/mol. The van der Waals surface area contributed by atoms with Gasteiger partial charge in [-0.15, -0.1) is 0 Å². The Labute approximate surface area is 177 Å². The molecule has 160 valence electrons. The lowest BCUT2D eigenvalue weighted by molar-refractivity contribution is -0.142. The van der Waals surface area contributed by atoms with Crippen molar-refractivity contribution in [2.45, 2.75) is 11.1 Å². The topological polar surface area (TPSA) is 110 Å². The summed E-state index contributed by atoms with van der Waals surface area (Å²) in [6.45, 7) is 0. The lowest BCUT2D eigenvalue weighted by Crippen LogP contribution is -2.19. The number of aromatic amines is 1. The second-order valence-electron chi connectivity index (χ2n) is 6.33. The van der Waals surface area contributed by atoms with Gasteiger partial charge < -0.3 is 4.98 Å². The van der Waals surface area contributed by atoms with Gasteiger partial charge in [-0.05, 0) is 36.4 Å². The number of fused-ring (bicyclic) bond motifs is 1. The molecule has 0 amide bonds. The van der Waals surface area contributed by atoms with E-state index in [1.54, 1.807) is 0 Å². The quantitative estimate of drug-likeness (QED) is 0.474. The number of anilines is 1. The largest absolute Gasteiger partial charge is 0.435 e. The van der Waals surface area contributed by atoms with Crippen molar-refractivity contribution >= 4 is 38.3 Å². The highest BCUT2D eigenvalue weighted by atomic mass is 35.5. The van der Waals surface area contributed by atoms with Crippen LogP contribution in [0.4, 0.5) is 18.9 Å². The van der Waals surface area contributed by atoms with Crippen LogP contribution in [0.2, 0.25) is 5.02 Å². The molecule has 2 N–H and O–H groups in total. The molecule has 0 radical (unpaired) electrons. The normalized spacial score (nSPS) is 12.3. The van der Waals surface area contributed by atoms with E-state index in [0.29, 0.717) is 4.68 Å². The highest BCUT2D eigenvalue weighted by Gasteiger charge is 2.40. The van der Waals surface area contributed by atoms with E-state index in [9.17, 15) is 26.4 Å². The van der Waals surface area contributed by atoms with Crippen molar-refractivity contribution in [1.82, 2.24) is 19.7 Å². The molecule has 0 saturated carbocycles. The third-order valence-corrected chi connectivity index (χ3v) is 5.79. The maximum Gasteiger partial charge on any atom is 0.435 e. The molecule has 0 aliphatic carbocycles. The molecule has 13 heteroatoms. The summed E-state index contributed by atoms with van der Waals surface area (Å²) in [7, 11) is -4.44. The lowest BCUT2D eigenvalue weighted by Gasteiger charge is -2.14. The Morgan fingerprint density at radius 1 is 1.10 bits per heavy atom. The molecule has 0 unspecified atom stereocenters. The fourth-order valence-corrected chi connectivity index (χ4v) is 4.14. The maximum atomic E-state index is 13.8. The van der Waals surface area contributed by atoms with E-state index in [-0.39, 0.29) is 26.6 Å². The van der Waals surface area contributed by atoms with Crippen LogP contribution >= 0.6 is 11.6 Å². The van der Waals surface area contributed by atoms with Gasteiger partial charge in [0.05, 0.1) is 39.7 Å². The van der Waals surface area contributed by atoms with E-state index in [0.717, 1.165) is 24.5 Å². The van der Waals surface area contributed by atoms with Crippen molar-refractivity contribution < 1.29 is 21.6 Å². The van der Waals surface area contributed by atoms with Crippen LogP contribution in [-0.4, -0.2) is 28.2 Å². The average molecular weight is 470 g/mol. The summed E-state index contributed by atoms with van der Waals surface area (Å²) in [4.78, 5) is 17.3. The monoisotopic (exact) mass is 469 g/mol. The summed E-state index contributed by atoms with van der Waals surface area (Å²) in [6.07, 6.45) is -3.21. The number of nitrogens with zero attached hydrogens (tertiary/aromatic N) is 3. The highest BCUT2D eigenvalue weighted by Crippen LogP contribution is 2.37. The summed E-state index contributed by atoms with van der Waals surface area (Å²) in [5, 5.41) is 3.88. The number of rotatable bonds is 4. The fourth-order valence-electron chi connectivity index (χ4n) is 2.89. The number of hydrogen-bond acceptors (Lipinski definition) is 5. The number of halogens is 4. The van der Waals surface area contributed by atoms with Crippen molar-refractivity contribution in [3.05, 3.63) is 75.9 Å². The number of aromatic nitrogens is 4. The van der Waals surface area contributed by atoms with E-state index in [1.807, 2.05) is 4.72 Å². The number of alkyl halides is 3. The Kier molecular flexibility index (Phi) is 4.98. The van der Waals surface area contributed by atoms with E-state index in [2.05, 4.69) is 15.1 Å². The molecule has 2 aromatic carbocycles. The van der Waals surface area contributed by atoms with Gasteiger partial charge >= 0.3 is 6.18 Å². The number of hydrogen-bond donors (Lipinski definition) is 2. The summed E-state index contributed by atoms with van der Waals surface area (Å²) in [5.41, 5.74) is -2.14. The molecule has 0 aliphatic rings. The predicted octanol–water partition coefficient (Wildman–Crippen LogP) is 3.58. The van der Waals surface area contributed by atoms with Gasteiger partial charge in [-0.3, -0.25) is 9.52 Å². The molecule has 0 fully saturated rings. The smallest absolute Gasteiger partial charge is 0.319 e. The number of sulfonamides is 1. The molecule has 4 rings (SSSR count). The molecule has 0 saturated heterocycles. The Morgan fingerprint density at radius 2 is 1.87 bits per heavy atom. The van der Waals surface area contributed by atoms with Crippen LogP contribution in [0.3, 0.4) is 0 Å². The SMILES string of the molecule is O=c1cnc2cc(S(=O)(=O)Nc3cnn(-c4cccc(Cl)c4)c3C(F)(F)F)ccc2[nH]1. The standard InChI is InChI=1S/C18H11ClF3N5O3S/c19-10-2-1-3-11(6-10)27-17(18(20,21)22)15(8-24-27)26-31(29,30)12-4-5-13-14(7-12)23-9-16(28)25-13/h1-9,26H,(H,25,28). The molecule has 2 heterocycles. The van der Waals surface area contributed by atoms with Crippen LogP contribution in [0, 0.1) is 0 Å². The molecule has 0 spiro atoms. The third kappa shape index (κ3) is 4.11. The average Bonchev–Trinajstić information content (AvgIpc) is 3.11. The van der Waals surface area contributed by atoms with Crippen molar-refractivity contribution in [3.63, 3.8) is 0 Å². The van der Waals surface area contributed by atoms with Crippen molar-refractivity contribution in [2.75, 3.05) is 4.72 Å². The lowest BCUT2D eigenvalue weighted by atomic mass is 10.3. The zero-order valence-corrected chi connectivity index (χ0v) is 16.8. The first kappa shape index (κ1) is 20.9. The molecule has 31 heavy (non-hydrogen) atoms. The molecular formula is C18H11ClF3N5O3S. The second-order valence-corrected chi connectivity index (χ2v) is 8.45. The van der Waals surface area contributed by atoms with Crippen molar-refractivity contribution in [2.24, 2.45) is 0 Å². The van der Waals surface area contributed by atoms with Gasteiger partial charge in [0.2, 0.25) is 0 Å². The molecule has 0 aliphatic heterocycles. The summed E-state index contributed by atoms with van der Waals surface area (Å²) < 4.78 is 69.3. The summed E-state index contributed by atoms with van der Waals surface area (Å²) in [5.74, 6) is 0. The van der Waals surface area contributed by atoms with Crippen molar-refractivity contribution in [1.29, 1.82) is 0 Å². The third-order valence-electron chi connectivity index (χ3n) is 4.19. The highest BCUT2D eigenvalue weighted by molar-refractivity contribution is 7.92. The first-order chi connectivity index (χ1) is 14.5. The van der Waals surface area contributed by atoms with Crippen LogP contribution in [-0.2, 0) is 16.2 Å². The fraction of sp³-hybridized carbons (Fsp3) is 0.0556. The van der Waals surface area contributed by atoms with Gasteiger partial charge in [0.15, 0.2) is 5.69 Å². The minimum atomic E-state index is -4.93. The van der Waals surface area contributed by atoms with Crippen LogP contribution in [0.25, 0.3) is 16.7 Å². The van der Waals surface area contributed by atoms with Crippen LogP contribution in [0.5, 0.6) is 0 Å². The van der Waals surface area contributed by atoms with Gasteiger partial charge in [0.25, 0.3) is 15.6 Å². The van der Waals surface area contributed by atoms with Gasteiger partial charge in [0, 0.05) is 5.02 Å². The zero-order chi connectivity index (χ0) is 22.4. The van der Waals surface area contributed by atoms with E-state index in [1.165, 1.54) is 30.3 Å². The predicted molar refractivity (Wildman–Crippen MR) is 107 cm³/mol. The number of H-pyrrole nitrogens is 1. The van der Waals surface area contributed by atoms with Crippen LogP contribution < -0.4 is 10.3 Å². The summed E-state index contributed by atoms with van der Waals surface area (Å²) in [6, 6.07) is 9.08. The minimum absolute atomic E-state index is 0.00383. The maximum absolute atomic E-state index is 13.8. The Hall–Kier alpha value is -3.38. The zero-order valence-electron chi connectivity index (χ0n) is 15.2. The van der Waals surface area contributed by atoms with Gasteiger partial charge in [0.1, 0.15) is 0 Å². The Bertz CT molecular complexity index is 1460. The van der Waals surface area contributed by atoms with Gasteiger partial charge in [-0.25, -0.2) is 18.1 Å². The van der Waals surface area contributed by atoms with Crippen LogP contribution in [0.1, 0.15) is 5.69 Å². The van der Waals surface area contributed by atoms with E-state index < -0.39 is 33.1 Å². The van der Waals surface area contributed by atoms with E-state index in [4.69, 9.17) is 11.6 Å². The second kappa shape index (κ2) is 7.39. The number of nitrogens with one attached hydrogen (secondary N) is 2. The molecule has 0 bridgehead atoms. The first-order valence-electron chi connectivity index (χ1n) is 8.48.